The van der Waals surface area contributed by atoms with Crippen LogP contribution in [-0.2, 0) is 9.31 Å². The Morgan fingerprint density at radius 1 is 1.14 bits per heavy atom. The lowest BCUT2D eigenvalue weighted by Gasteiger charge is -2.32. The van der Waals surface area contributed by atoms with Gasteiger partial charge in [-0.2, -0.15) is 0 Å². The lowest BCUT2D eigenvalue weighted by Crippen LogP contribution is -2.41. The number of rotatable bonds is 2. The van der Waals surface area contributed by atoms with Gasteiger partial charge in [0, 0.05) is 28.4 Å². The SMILES string of the molecule is CC1(C)OB(c2cc(-c3ncc[nH]3)ccc2Cl)OC1(C)C. The first-order valence-electron chi connectivity index (χ1n) is 6.95. The molecule has 0 aliphatic carbocycles. The lowest BCUT2D eigenvalue weighted by atomic mass is 9.78. The highest BCUT2D eigenvalue weighted by Crippen LogP contribution is 2.37. The van der Waals surface area contributed by atoms with Crippen LogP contribution < -0.4 is 5.46 Å². The van der Waals surface area contributed by atoms with E-state index in [4.69, 9.17) is 20.9 Å². The Morgan fingerprint density at radius 2 is 1.81 bits per heavy atom. The van der Waals surface area contributed by atoms with E-state index in [0.717, 1.165) is 16.9 Å². The van der Waals surface area contributed by atoms with Crippen LogP contribution in [0.5, 0.6) is 0 Å². The molecular weight excluding hydrogens is 286 g/mol. The van der Waals surface area contributed by atoms with E-state index >= 15 is 0 Å². The monoisotopic (exact) mass is 304 g/mol. The molecule has 1 aliphatic rings. The number of benzene rings is 1. The zero-order valence-corrected chi connectivity index (χ0v) is 13.4. The minimum absolute atomic E-state index is 0.387. The van der Waals surface area contributed by atoms with Gasteiger partial charge in [-0.25, -0.2) is 4.98 Å². The number of nitrogens with one attached hydrogen (secondary N) is 1. The van der Waals surface area contributed by atoms with Crippen molar-refractivity contribution in [3.05, 3.63) is 35.6 Å². The number of nitrogens with zero attached hydrogens (tertiary/aromatic N) is 1. The van der Waals surface area contributed by atoms with Gasteiger partial charge < -0.3 is 14.3 Å². The van der Waals surface area contributed by atoms with E-state index in [0.29, 0.717) is 5.02 Å². The van der Waals surface area contributed by atoms with Gasteiger partial charge in [0.05, 0.1) is 11.2 Å². The topological polar surface area (TPSA) is 47.1 Å². The Balaban J connectivity index is 1.98. The molecule has 3 rings (SSSR count). The van der Waals surface area contributed by atoms with E-state index < -0.39 is 7.12 Å². The number of aromatic nitrogens is 2. The van der Waals surface area contributed by atoms with Crippen LogP contribution in [-0.4, -0.2) is 28.3 Å². The molecule has 4 nitrogen and oxygen atoms in total. The van der Waals surface area contributed by atoms with Crippen LogP contribution in [0.4, 0.5) is 0 Å². The summed E-state index contributed by atoms with van der Waals surface area (Å²) >= 11 is 6.33. The molecule has 0 bridgehead atoms. The molecule has 2 heterocycles. The molecule has 0 spiro atoms. The Bertz CT molecular complexity index is 640. The second-order valence-corrected chi connectivity index (χ2v) is 6.67. The molecule has 6 heteroatoms. The van der Waals surface area contributed by atoms with Gasteiger partial charge in [0.25, 0.3) is 0 Å². The average Bonchev–Trinajstić information content (AvgIpc) is 2.97. The summed E-state index contributed by atoms with van der Waals surface area (Å²) in [5.74, 6) is 0.796. The lowest BCUT2D eigenvalue weighted by molar-refractivity contribution is 0.00578. The summed E-state index contributed by atoms with van der Waals surface area (Å²) < 4.78 is 12.1. The van der Waals surface area contributed by atoms with E-state index in [1.807, 2.05) is 45.9 Å². The van der Waals surface area contributed by atoms with Crippen LogP contribution in [0.25, 0.3) is 11.4 Å². The summed E-state index contributed by atoms with van der Waals surface area (Å²) in [5, 5.41) is 0.629. The Hall–Kier alpha value is -1.30. The zero-order chi connectivity index (χ0) is 15.3. The molecule has 0 atom stereocenters. The molecule has 21 heavy (non-hydrogen) atoms. The van der Waals surface area contributed by atoms with Gasteiger partial charge >= 0.3 is 7.12 Å². The maximum Gasteiger partial charge on any atom is 0.496 e. The highest BCUT2D eigenvalue weighted by atomic mass is 35.5. The van der Waals surface area contributed by atoms with Gasteiger partial charge in [-0.15, -0.1) is 0 Å². The van der Waals surface area contributed by atoms with E-state index in [-0.39, 0.29) is 11.2 Å². The fourth-order valence-electron chi connectivity index (χ4n) is 2.26. The summed E-state index contributed by atoms with van der Waals surface area (Å²) in [6.07, 6.45) is 3.51. The third-order valence-electron chi connectivity index (χ3n) is 4.27. The molecule has 1 saturated heterocycles. The fraction of sp³-hybridized carbons (Fsp3) is 0.400. The molecule has 1 aromatic carbocycles. The van der Waals surface area contributed by atoms with Crippen molar-refractivity contribution in [3.63, 3.8) is 0 Å². The first-order valence-corrected chi connectivity index (χ1v) is 7.33. The second-order valence-electron chi connectivity index (χ2n) is 6.26. The standard InChI is InChI=1S/C15H18BClN2O2/c1-14(2)15(3,4)21-16(20-14)11-9-10(5-6-12(11)17)13-18-7-8-19-13/h5-9H,1-4H3,(H,18,19). The third-order valence-corrected chi connectivity index (χ3v) is 4.62. The van der Waals surface area contributed by atoms with Crippen molar-refractivity contribution in [2.45, 2.75) is 38.9 Å². The van der Waals surface area contributed by atoms with Gasteiger partial charge in [0.1, 0.15) is 5.82 Å². The summed E-state index contributed by atoms with van der Waals surface area (Å²) in [4.78, 5) is 7.35. The predicted octanol–water partition coefficient (Wildman–Crippen LogP) is 3.03. The van der Waals surface area contributed by atoms with Crippen molar-refractivity contribution in [3.8, 4) is 11.4 Å². The summed E-state index contributed by atoms with van der Waals surface area (Å²) in [5.41, 5.74) is 1.00. The molecule has 0 saturated carbocycles. The molecule has 110 valence electrons. The zero-order valence-electron chi connectivity index (χ0n) is 12.6. The molecule has 1 aliphatic heterocycles. The van der Waals surface area contributed by atoms with Crippen molar-refractivity contribution in [1.29, 1.82) is 0 Å². The van der Waals surface area contributed by atoms with Crippen LogP contribution in [0, 0.1) is 0 Å². The van der Waals surface area contributed by atoms with E-state index in [2.05, 4.69) is 9.97 Å². The fourth-order valence-corrected chi connectivity index (χ4v) is 2.47. The number of halogens is 1. The second kappa shape index (κ2) is 4.87. The highest BCUT2D eigenvalue weighted by Gasteiger charge is 2.52. The van der Waals surface area contributed by atoms with Crippen molar-refractivity contribution in [2.24, 2.45) is 0 Å². The number of hydrogen-bond acceptors (Lipinski definition) is 3. The molecule has 1 aromatic heterocycles. The minimum Gasteiger partial charge on any atom is -0.399 e. The van der Waals surface area contributed by atoms with Crippen LogP contribution in [0.15, 0.2) is 30.6 Å². The number of H-pyrrole nitrogens is 1. The largest absolute Gasteiger partial charge is 0.496 e. The molecule has 1 fully saturated rings. The van der Waals surface area contributed by atoms with Crippen molar-refractivity contribution < 1.29 is 9.31 Å². The average molecular weight is 305 g/mol. The van der Waals surface area contributed by atoms with Crippen LogP contribution in [0.1, 0.15) is 27.7 Å². The predicted molar refractivity (Wildman–Crippen MR) is 84.7 cm³/mol. The van der Waals surface area contributed by atoms with Crippen molar-refractivity contribution in [2.75, 3.05) is 0 Å². The maximum atomic E-state index is 6.33. The van der Waals surface area contributed by atoms with Gasteiger partial charge in [-0.1, -0.05) is 17.7 Å². The summed E-state index contributed by atoms with van der Waals surface area (Å²) in [6, 6.07) is 5.74. The van der Waals surface area contributed by atoms with Crippen LogP contribution >= 0.6 is 11.6 Å². The molecular formula is C15H18BClN2O2. The summed E-state index contributed by atoms with van der Waals surface area (Å²) in [7, 11) is -0.475. The number of imidazole rings is 1. The molecule has 0 amide bonds. The van der Waals surface area contributed by atoms with E-state index in [1.165, 1.54) is 0 Å². The molecule has 2 aromatic rings. The normalized spacial score (nSPS) is 20.0. The minimum atomic E-state index is -0.475. The number of hydrogen-bond donors (Lipinski definition) is 1. The van der Waals surface area contributed by atoms with Crippen molar-refractivity contribution >= 4 is 24.2 Å². The van der Waals surface area contributed by atoms with Gasteiger partial charge in [0.2, 0.25) is 0 Å². The highest BCUT2D eigenvalue weighted by molar-refractivity contribution is 6.65. The third kappa shape index (κ3) is 2.50. The Morgan fingerprint density at radius 3 is 2.38 bits per heavy atom. The van der Waals surface area contributed by atoms with Gasteiger partial charge in [0.15, 0.2) is 0 Å². The molecule has 0 unspecified atom stereocenters. The first kappa shape index (κ1) is 14.6. The molecule has 1 N–H and O–H groups in total. The summed E-state index contributed by atoms with van der Waals surface area (Å²) in [6.45, 7) is 8.10. The molecule has 0 radical (unpaired) electrons. The van der Waals surface area contributed by atoms with E-state index in [1.54, 1.807) is 12.4 Å². The first-order chi connectivity index (χ1) is 9.80. The van der Waals surface area contributed by atoms with Crippen molar-refractivity contribution in [1.82, 2.24) is 9.97 Å². The van der Waals surface area contributed by atoms with Gasteiger partial charge in [-0.3, -0.25) is 0 Å². The van der Waals surface area contributed by atoms with E-state index in [9.17, 15) is 0 Å². The smallest absolute Gasteiger partial charge is 0.399 e. The quantitative estimate of drug-likeness (QED) is 0.868. The Kier molecular flexibility index (Phi) is 3.39. The van der Waals surface area contributed by atoms with Crippen LogP contribution in [0.2, 0.25) is 5.02 Å². The van der Waals surface area contributed by atoms with Crippen LogP contribution in [0.3, 0.4) is 0 Å². The van der Waals surface area contributed by atoms with Gasteiger partial charge in [-0.05, 0) is 39.8 Å². The maximum absolute atomic E-state index is 6.33. The Labute approximate surface area is 130 Å². The number of aromatic amines is 1.